The van der Waals surface area contributed by atoms with Crippen LogP contribution in [0.15, 0.2) is 78.9 Å². The van der Waals surface area contributed by atoms with E-state index in [1.165, 1.54) is 0 Å². The number of aromatic nitrogens is 2. The van der Waals surface area contributed by atoms with Crippen molar-refractivity contribution in [3.8, 4) is 0 Å². The van der Waals surface area contributed by atoms with Gasteiger partial charge in [0.05, 0.1) is 23.6 Å². The van der Waals surface area contributed by atoms with Crippen LogP contribution in [0, 0.1) is 5.92 Å². The minimum Gasteiger partial charge on any atom is -0.466 e. The second-order valence-electron chi connectivity index (χ2n) is 9.38. The van der Waals surface area contributed by atoms with E-state index in [9.17, 15) is 9.59 Å². The maximum atomic E-state index is 14.3. The van der Waals surface area contributed by atoms with Crippen molar-refractivity contribution >= 4 is 34.5 Å². The number of nitrogens with zero attached hydrogens (tertiary/aromatic N) is 3. The fraction of sp³-hybridized carbons (Fsp3) is 0.300. The molecule has 0 bridgehead atoms. The van der Waals surface area contributed by atoms with Crippen molar-refractivity contribution in [2.75, 3.05) is 19.7 Å². The maximum absolute atomic E-state index is 14.3. The quantitative estimate of drug-likeness (QED) is 0.297. The van der Waals surface area contributed by atoms with Gasteiger partial charge in [0.1, 0.15) is 11.9 Å². The Labute approximate surface area is 221 Å². The van der Waals surface area contributed by atoms with Gasteiger partial charge in [-0.1, -0.05) is 66.2 Å². The van der Waals surface area contributed by atoms with E-state index in [2.05, 4.69) is 4.57 Å². The van der Waals surface area contributed by atoms with Gasteiger partial charge in [-0.05, 0) is 55.2 Å². The lowest BCUT2D eigenvalue weighted by Crippen LogP contribution is -2.46. The number of benzene rings is 3. The molecule has 2 atom stereocenters. The molecule has 4 aromatic rings. The molecular weight excluding hydrogens is 486 g/mol. The lowest BCUT2D eigenvalue weighted by atomic mass is 9.96. The molecule has 0 radical (unpaired) electrons. The molecule has 1 fully saturated rings. The van der Waals surface area contributed by atoms with Crippen LogP contribution in [0.5, 0.6) is 0 Å². The fourth-order valence-corrected chi connectivity index (χ4v) is 5.39. The van der Waals surface area contributed by atoms with Gasteiger partial charge in [-0.3, -0.25) is 9.59 Å². The Balaban J connectivity index is 1.59. The highest BCUT2D eigenvalue weighted by Crippen LogP contribution is 2.31. The zero-order chi connectivity index (χ0) is 25.8. The SMILES string of the molecule is CCOC(=O)[C@@H]1CCCN(C(=O)[C@@H](c2ccccc2)n2c(Cc3cccc(Cl)c3)nc3ccccc32)C1. The monoisotopic (exact) mass is 515 g/mol. The van der Waals surface area contributed by atoms with Crippen molar-refractivity contribution in [2.45, 2.75) is 32.2 Å². The fourth-order valence-electron chi connectivity index (χ4n) is 5.18. The van der Waals surface area contributed by atoms with Gasteiger partial charge >= 0.3 is 5.97 Å². The molecule has 1 aliphatic heterocycles. The number of likely N-dealkylation sites (tertiary alicyclic amines) is 1. The standard InChI is InChI=1S/C30H30ClN3O3/c1-2-37-30(36)23-13-9-17-33(20-23)29(35)28(22-11-4-3-5-12-22)34-26-16-7-6-15-25(26)32-27(34)19-21-10-8-14-24(31)18-21/h3-8,10-12,14-16,18,23,28H,2,9,13,17,19-20H2,1H3/t23-,28-/m1/s1. The summed E-state index contributed by atoms with van der Waals surface area (Å²) in [6, 6.07) is 24.8. The predicted molar refractivity (Wildman–Crippen MR) is 145 cm³/mol. The van der Waals surface area contributed by atoms with E-state index in [1.54, 1.807) is 6.92 Å². The molecule has 0 unspecified atom stereocenters. The summed E-state index contributed by atoms with van der Waals surface area (Å²) in [5, 5.41) is 0.661. The number of esters is 1. The molecule has 190 valence electrons. The molecule has 6 nitrogen and oxygen atoms in total. The van der Waals surface area contributed by atoms with Crippen molar-refractivity contribution in [1.82, 2.24) is 14.5 Å². The molecule has 0 spiro atoms. The van der Waals surface area contributed by atoms with Crippen LogP contribution < -0.4 is 0 Å². The van der Waals surface area contributed by atoms with Gasteiger partial charge in [-0.2, -0.15) is 0 Å². The summed E-state index contributed by atoms with van der Waals surface area (Å²) in [6.07, 6.45) is 2.01. The van der Waals surface area contributed by atoms with Gasteiger partial charge in [0.15, 0.2) is 0 Å². The average Bonchev–Trinajstić information content (AvgIpc) is 3.27. The van der Waals surface area contributed by atoms with Crippen molar-refractivity contribution < 1.29 is 14.3 Å². The smallest absolute Gasteiger partial charge is 0.310 e. The van der Waals surface area contributed by atoms with E-state index >= 15 is 0 Å². The third kappa shape index (κ3) is 5.39. The van der Waals surface area contributed by atoms with Gasteiger partial charge in [0, 0.05) is 24.5 Å². The molecule has 1 aliphatic rings. The summed E-state index contributed by atoms with van der Waals surface area (Å²) >= 11 is 6.28. The van der Waals surface area contributed by atoms with Crippen LogP contribution in [0.3, 0.4) is 0 Å². The highest BCUT2D eigenvalue weighted by molar-refractivity contribution is 6.30. The zero-order valence-electron chi connectivity index (χ0n) is 20.8. The molecule has 1 aromatic heterocycles. The zero-order valence-corrected chi connectivity index (χ0v) is 21.6. The van der Waals surface area contributed by atoms with Crippen LogP contribution in [0.2, 0.25) is 5.02 Å². The van der Waals surface area contributed by atoms with E-state index < -0.39 is 6.04 Å². The predicted octanol–water partition coefficient (Wildman–Crippen LogP) is 5.67. The van der Waals surface area contributed by atoms with E-state index in [4.69, 9.17) is 21.3 Å². The Kier molecular flexibility index (Phi) is 7.56. The van der Waals surface area contributed by atoms with Crippen LogP contribution in [0.25, 0.3) is 11.0 Å². The first-order valence-corrected chi connectivity index (χ1v) is 13.1. The molecule has 1 saturated heterocycles. The summed E-state index contributed by atoms with van der Waals surface area (Å²) in [6.45, 7) is 3.11. The third-order valence-corrected chi connectivity index (χ3v) is 7.12. The van der Waals surface area contributed by atoms with Crippen molar-refractivity contribution in [2.24, 2.45) is 5.92 Å². The van der Waals surface area contributed by atoms with E-state index in [0.717, 1.165) is 40.8 Å². The summed E-state index contributed by atoms with van der Waals surface area (Å²) in [4.78, 5) is 33.6. The Hall–Kier alpha value is -3.64. The van der Waals surface area contributed by atoms with Gasteiger partial charge < -0.3 is 14.2 Å². The molecule has 37 heavy (non-hydrogen) atoms. The third-order valence-electron chi connectivity index (χ3n) is 6.88. The summed E-state index contributed by atoms with van der Waals surface area (Å²) in [5.41, 5.74) is 3.61. The van der Waals surface area contributed by atoms with Gasteiger partial charge in [-0.15, -0.1) is 0 Å². The average molecular weight is 516 g/mol. The first-order chi connectivity index (χ1) is 18.0. The largest absolute Gasteiger partial charge is 0.466 e. The van der Waals surface area contributed by atoms with Crippen LogP contribution >= 0.6 is 11.6 Å². The molecule has 0 aliphatic carbocycles. The second-order valence-corrected chi connectivity index (χ2v) is 9.82. The molecule has 0 N–H and O–H groups in total. The Morgan fingerprint density at radius 1 is 1.05 bits per heavy atom. The minimum absolute atomic E-state index is 0.0457. The highest BCUT2D eigenvalue weighted by atomic mass is 35.5. The van der Waals surface area contributed by atoms with E-state index in [0.29, 0.717) is 31.1 Å². The second kappa shape index (κ2) is 11.2. The highest BCUT2D eigenvalue weighted by Gasteiger charge is 2.35. The number of amides is 1. The van der Waals surface area contributed by atoms with Crippen LogP contribution in [0.4, 0.5) is 0 Å². The van der Waals surface area contributed by atoms with Gasteiger partial charge in [0.25, 0.3) is 0 Å². The minimum atomic E-state index is -0.622. The van der Waals surface area contributed by atoms with E-state index in [-0.39, 0.29) is 17.8 Å². The number of piperidine rings is 1. The number of hydrogen-bond acceptors (Lipinski definition) is 4. The number of rotatable bonds is 7. The van der Waals surface area contributed by atoms with Crippen molar-refractivity contribution in [1.29, 1.82) is 0 Å². The molecule has 2 heterocycles. The first kappa shape index (κ1) is 25.0. The Morgan fingerprint density at radius 3 is 2.62 bits per heavy atom. The number of carbonyl (C=O) groups excluding carboxylic acids is 2. The molecule has 5 rings (SSSR count). The summed E-state index contributed by atoms with van der Waals surface area (Å²) < 4.78 is 7.33. The van der Waals surface area contributed by atoms with Crippen LogP contribution in [-0.2, 0) is 20.7 Å². The maximum Gasteiger partial charge on any atom is 0.310 e. The number of fused-ring (bicyclic) bond motifs is 1. The molecule has 0 saturated carbocycles. The summed E-state index contributed by atoms with van der Waals surface area (Å²) in [5.74, 6) is 0.200. The molecule has 1 amide bonds. The number of carbonyl (C=O) groups is 2. The van der Waals surface area contributed by atoms with Crippen LogP contribution in [-0.4, -0.2) is 46.0 Å². The lowest BCUT2D eigenvalue weighted by molar-refractivity contribution is -0.151. The number of hydrogen-bond donors (Lipinski definition) is 0. The number of halogens is 1. The lowest BCUT2D eigenvalue weighted by Gasteiger charge is -2.35. The molecular formula is C30H30ClN3O3. The molecule has 3 aromatic carbocycles. The van der Waals surface area contributed by atoms with Crippen molar-refractivity contribution in [3.05, 3.63) is 101 Å². The van der Waals surface area contributed by atoms with Gasteiger partial charge in [0.2, 0.25) is 5.91 Å². The van der Waals surface area contributed by atoms with Crippen molar-refractivity contribution in [3.63, 3.8) is 0 Å². The summed E-state index contributed by atoms with van der Waals surface area (Å²) in [7, 11) is 0. The number of para-hydroxylation sites is 2. The Morgan fingerprint density at radius 2 is 1.84 bits per heavy atom. The number of imidazole rings is 1. The Bertz CT molecular complexity index is 1400. The normalized spacial score (nSPS) is 16.5. The van der Waals surface area contributed by atoms with Gasteiger partial charge in [-0.25, -0.2) is 4.98 Å². The van der Waals surface area contributed by atoms with Crippen LogP contribution in [0.1, 0.15) is 42.8 Å². The molecule has 7 heteroatoms. The number of ether oxygens (including phenoxy) is 1. The van der Waals surface area contributed by atoms with E-state index in [1.807, 2.05) is 83.8 Å². The first-order valence-electron chi connectivity index (χ1n) is 12.8. The topological polar surface area (TPSA) is 64.4 Å².